The highest BCUT2D eigenvalue weighted by Crippen LogP contribution is 2.25. The molecule has 106 valence electrons. The fourth-order valence-corrected chi connectivity index (χ4v) is 2.56. The first-order chi connectivity index (χ1) is 9.01. The Morgan fingerprint density at radius 1 is 1.26 bits per heavy atom. The lowest BCUT2D eigenvalue weighted by atomic mass is 9.89. The third-order valence-corrected chi connectivity index (χ3v) is 4.52. The molecule has 1 aromatic carbocycles. The van der Waals surface area contributed by atoms with E-state index >= 15 is 0 Å². The summed E-state index contributed by atoms with van der Waals surface area (Å²) in [6.07, 6.45) is 2.77. The van der Waals surface area contributed by atoms with E-state index in [-0.39, 0.29) is 11.4 Å². The van der Waals surface area contributed by atoms with Crippen LogP contribution in [0, 0.1) is 0 Å². The van der Waals surface area contributed by atoms with Crippen LogP contribution in [0.4, 0.5) is 0 Å². The van der Waals surface area contributed by atoms with Crippen LogP contribution in [0.15, 0.2) is 22.7 Å². The first kappa shape index (κ1) is 16.0. The zero-order valence-electron chi connectivity index (χ0n) is 12.0. The molecule has 0 atom stereocenters. The van der Waals surface area contributed by atoms with E-state index in [2.05, 4.69) is 42.0 Å². The van der Waals surface area contributed by atoms with E-state index in [1.807, 2.05) is 12.1 Å². The molecule has 1 amide bonds. The normalized spacial score (nSPS) is 11.2. The van der Waals surface area contributed by atoms with Gasteiger partial charge in [-0.15, -0.1) is 0 Å². The van der Waals surface area contributed by atoms with Crippen molar-refractivity contribution < 1.29 is 9.53 Å². The number of methoxy groups -OCH3 is 1. The topological polar surface area (TPSA) is 38.3 Å². The largest absolute Gasteiger partial charge is 0.497 e. The number of hydrogen-bond acceptors (Lipinski definition) is 2. The highest BCUT2D eigenvalue weighted by molar-refractivity contribution is 9.10. The average molecular weight is 328 g/mol. The van der Waals surface area contributed by atoms with E-state index in [9.17, 15) is 4.79 Å². The van der Waals surface area contributed by atoms with Crippen LogP contribution in [0.1, 0.15) is 50.4 Å². The summed E-state index contributed by atoms with van der Waals surface area (Å²) < 4.78 is 5.95. The summed E-state index contributed by atoms with van der Waals surface area (Å²) in [5.41, 5.74) is 0.485. The zero-order chi connectivity index (χ0) is 14.5. The molecule has 0 radical (unpaired) electrons. The Bertz CT molecular complexity index is 434. The third kappa shape index (κ3) is 3.72. The second-order valence-corrected chi connectivity index (χ2v) is 5.50. The molecule has 1 N–H and O–H groups in total. The second kappa shape index (κ2) is 6.94. The Hall–Kier alpha value is -1.03. The van der Waals surface area contributed by atoms with Crippen molar-refractivity contribution in [1.82, 2.24) is 5.32 Å². The van der Waals surface area contributed by atoms with Crippen molar-refractivity contribution in [2.75, 3.05) is 7.11 Å². The minimum absolute atomic E-state index is 0.0590. The Balaban J connectivity index is 3.00. The summed E-state index contributed by atoms with van der Waals surface area (Å²) in [4.78, 5) is 12.4. The molecule has 0 aliphatic carbocycles. The van der Waals surface area contributed by atoms with E-state index < -0.39 is 0 Å². The number of benzene rings is 1. The summed E-state index contributed by atoms with van der Waals surface area (Å²) in [6, 6.07) is 5.41. The molecular formula is C15H22BrNO2. The van der Waals surface area contributed by atoms with E-state index in [1.54, 1.807) is 13.2 Å². The van der Waals surface area contributed by atoms with Crippen molar-refractivity contribution in [2.24, 2.45) is 0 Å². The van der Waals surface area contributed by atoms with Crippen LogP contribution in [0.25, 0.3) is 0 Å². The van der Waals surface area contributed by atoms with Gasteiger partial charge in [-0.2, -0.15) is 0 Å². The van der Waals surface area contributed by atoms with Gasteiger partial charge in [0.2, 0.25) is 0 Å². The maximum atomic E-state index is 12.4. The molecule has 4 heteroatoms. The Morgan fingerprint density at radius 2 is 1.84 bits per heavy atom. The van der Waals surface area contributed by atoms with E-state index in [4.69, 9.17) is 4.74 Å². The summed E-state index contributed by atoms with van der Waals surface area (Å²) in [5, 5.41) is 3.16. The van der Waals surface area contributed by atoms with Crippen LogP contribution in [-0.2, 0) is 0 Å². The smallest absolute Gasteiger partial charge is 0.252 e. The lowest BCUT2D eigenvalue weighted by Gasteiger charge is -2.32. The number of carbonyl (C=O) groups excluding carboxylic acids is 1. The molecule has 1 aromatic rings. The van der Waals surface area contributed by atoms with Gasteiger partial charge in [0.25, 0.3) is 5.91 Å². The number of rotatable bonds is 6. The van der Waals surface area contributed by atoms with Crippen LogP contribution >= 0.6 is 15.9 Å². The maximum Gasteiger partial charge on any atom is 0.252 e. The Morgan fingerprint density at radius 3 is 2.32 bits per heavy atom. The molecule has 0 bridgehead atoms. The third-order valence-electron chi connectivity index (χ3n) is 3.83. The second-order valence-electron chi connectivity index (χ2n) is 4.64. The highest BCUT2D eigenvalue weighted by Gasteiger charge is 2.27. The Labute approximate surface area is 123 Å². The van der Waals surface area contributed by atoms with Gasteiger partial charge in [0.15, 0.2) is 0 Å². The van der Waals surface area contributed by atoms with Gasteiger partial charge in [-0.05, 0) is 53.4 Å². The molecule has 0 saturated carbocycles. The number of carbonyl (C=O) groups is 1. The van der Waals surface area contributed by atoms with Crippen LogP contribution in [0.3, 0.4) is 0 Å². The minimum atomic E-state index is -0.125. The highest BCUT2D eigenvalue weighted by atomic mass is 79.9. The van der Waals surface area contributed by atoms with Crippen molar-refractivity contribution in [2.45, 2.75) is 45.6 Å². The van der Waals surface area contributed by atoms with Gasteiger partial charge in [-0.1, -0.05) is 20.8 Å². The van der Waals surface area contributed by atoms with Gasteiger partial charge in [0.1, 0.15) is 5.75 Å². The molecular weight excluding hydrogens is 306 g/mol. The summed E-state index contributed by atoms with van der Waals surface area (Å²) >= 11 is 3.42. The molecule has 0 heterocycles. The summed E-state index contributed by atoms with van der Waals surface area (Å²) in [5.74, 6) is 0.625. The first-order valence-corrected chi connectivity index (χ1v) is 7.47. The zero-order valence-corrected chi connectivity index (χ0v) is 13.6. The van der Waals surface area contributed by atoms with Crippen molar-refractivity contribution in [3.8, 4) is 5.75 Å². The van der Waals surface area contributed by atoms with Crippen LogP contribution in [-0.4, -0.2) is 18.6 Å². The quantitative estimate of drug-likeness (QED) is 0.852. The van der Waals surface area contributed by atoms with Crippen molar-refractivity contribution in [3.05, 3.63) is 28.2 Å². The fraction of sp³-hybridized carbons (Fsp3) is 0.533. The molecule has 19 heavy (non-hydrogen) atoms. The fourth-order valence-electron chi connectivity index (χ4n) is 2.13. The number of hydrogen-bond donors (Lipinski definition) is 1. The van der Waals surface area contributed by atoms with Crippen LogP contribution in [0.2, 0.25) is 0 Å². The van der Waals surface area contributed by atoms with Crippen molar-refractivity contribution in [3.63, 3.8) is 0 Å². The van der Waals surface area contributed by atoms with Gasteiger partial charge in [-0.25, -0.2) is 0 Å². The van der Waals surface area contributed by atoms with Gasteiger partial charge >= 0.3 is 0 Å². The van der Waals surface area contributed by atoms with Gasteiger partial charge < -0.3 is 10.1 Å². The van der Waals surface area contributed by atoms with E-state index in [1.165, 1.54) is 0 Å². The minimum Gasteiger partial charge on any atom is -0.497 e. The lowest BCUT2D eigenvalue weighted by molar-refractivity contribution is 0.0887. The number of nitrogens with one attached hydrogen (secondary N) is 1. The van der Waals surface area contributed by atoms with Gasteiger partial charge in [-0.3, -0.25) is 4.79 Å². The number of amides is 1. The standard InChI is InChI=1S/C15H22BrNO2/c1-5-15(6-2,7-3)17-14(18)12-10-11(19-4)8-9-13(12)16/h8-10H,5-7H2,1-4H3,(H,17,18). The van der Waals surface area contributed by atoms with Gasteiger partial charge in [0, 0.05) is 10.0 Å². The molecule has 0 aliphatic heterocycles. The lowest BCUT2D eigenvalue weighted by Crippen LogP contribution is -2.47. The monoisotopic (exact) mass is 327 g/mol. The van der Waals surface area contributed by atoms with Gasteiger partial charge in [0.05, 0.1) is 12.7 Å². The SMILES string of the molecule is CCC(CC)(CC)NC(=O)c1cc(OC)ccc1Br. The molecule has 0 fully saturated rings. The molecule has 0 aromatic heterocycles. The average Bonchev–Trinajstić information content (AvgIpc) is 2.45. The number of ether oxygens (including phenoxy) is 1. The molecule has 0 spiro atoms. The van der Waals surface area contributed by atoms with Crippen molar-refractivity contribution >= 4 is 21.8 Å². The van der Waals surface area contributed by atoms with E-state index in [0.717, 1.165) is 23.7 Å². The predicted octanol–water partition coefficient (Wildman–Crippen LogP) is 4.16. The van der Waals surface area contributed by atoms with Crippen LogP contribution < -0.4 is 10.1 Å². The van der Waals surface area contributed by atoms with Crippen LogP contribution in [0.5, 0.6) is 5.75 Å². The first-order valence-electron chi connectivity index (χ1n) is 6.68. The molecule has 0 aliphatic rings. The summed E-state index contributed by atoms with van der Waals surface area (Å²) in [7, 11) is 1.60. The predicted molar refractivity (Wildman–Crippen MR) is 81.8 cm³/mol. The Kier molecular flexibility index (Phi) is 5.85. The molecule has 3 nitrogen and oxygen atoms in total. The maximum absolute atomic E-state index is 12.4. The molecule has 0 saturated heterocycles. The van der Waals surface area contributed by atoms with Crippen molar-refractivity contribution in [1.29, 1.82) is 0 Å². The van der Waals surface area contributed by atoms with E-state index in [0.29, 0.717) is 11.3 Å². The molecule has 0 unspecified atom stereocenters. The number of halogens is 1. The summed E-state index contributed by atoms with van der Waals surface area (Å²) in [6.45, 7) is 6.32. The molecule has 1 rings (SSSR count).